The number of anilines is 1. The summed E-state index contributed by atoms with van der Waals surface area (Å²) in [5.74, 6) is 1.19. The van der Waals surface area contributed by atoms with Crippen LogP contribution in [-0.4, -0.2) is 17.5 Å². The lowest BCUT2D eigenvalue weighted by atomic mass is 9.73. The summed E-state index contributed by atoms with van der Waals surface area (Å²) in [6, 6.07) is 7.69. The first-order valence-corrected chi connectivity index (χ1v) is 9.61. The van der Waals surface area contributed by atoms with Crippen molar-refractivity contribution in [3.05, 3.63) is 40.4 Å². The van der Waals surface area contributed by atoms with E-state index in [0.29, 0.717) is 22.2 Å². The lowest BCUT2D eigenvalue weighted by Crippen LogP contribution is -2.26. The van der Waals surface area contributed by atoms with E-state index >= 15 is 0 Å². The van der Waals surface area contributed by atoms with Gasteiger partial charge in [0, 0.05) is 4.88 Å². The van der Waals surface area contributed by atoms with Crippen LogP contribution in [0.3, 0.4) is 0 Å². The molecule has 0 saturated carbocycles. The van der Waals surface area contributed by atoms with Gasteiger partial charge in [0.1, 0.15) is 5.75 Å². The maximum atomic E-state index is 12.1. The van der Waals surface area contributed by atoms with Gasteiger partial charge in [-0.3, -0.25) is 10.1 Å². The van der Waals surface area contributed by atoms with Crippen molar-refractivity contribution in [2.24, 2.45) is 11.3 Å². The van der Waals surface area contributed by atoms with Gasteiger partial charge in [0.2, 0.25) is 0 Å². The van der Waals surface area contributed by atoms with Gasteiger partial charge < -0.3 is 4.74 Å². The second-order valence-corrected chi connectivity index (χ2v) is 8.93. The highest BCUT2D eigenvalue weighted by Crippen LogP contribution is 2.39. The molecule has 0 bridgehead atoms. The van der Waals surface area contributed by atoms with Crippen molar-refractivity contribution >= 4 is 22.4 Å². The second-order valence-electron chi connectivity index (χ2n) is 7.85. The Morgan fingerprint density at radius 1 is 1.40 bits per heavy atom. The van der Waals surface area contributed by atoms with Crippen LogP contribution in [0.1, 0.15) is 43.3 Å². The number of hydrogen-bond donors (Lipinski definition) is 1. The molecule has 134 valence electrons. The number of amides is 1. The van der Waals surface area contributed by atoms with Crippen molar-refractivity contribution in [2.45, 2.75) is 47.0 Å². The van der Waals surface area contributed by atoms with Crippen molar-refractivity contribution < 1.29 is 9.53 Å². The topological polar surface area (TPSA) is 51.2 Å². The highest BCUT2D eigenvalue weighted by atomic mass is 32.1. The Balaban J connectivity index is 1.57. The number of nitrogens with one attached hydrogen (secondary N) is 1. The van der Waals surface area contributed by atoms with Gasteiger partial charge >= 0.3 is 0 Å². The molecule has 0 aliphatic heterocycles. The zero-order valence-corrected chi connectivity index (χ0v) is 16.2. The van der Waals surface area contributed by atoms with E-state index in [1.165, 1.54) is 11.3 Å². The molecule has 1 aliphatic rings. The zero-order chi connectivity index (χ0) is 18.0. The molecule has 1 heterocycles. The molecule has 0 saturated heterocycles. The average Bonchev–Trinajstić information content (AvgIpc) is 2.93. The molecular formula is C20H26N2O2S. The molecular weight excluding hydrogens is 332 g/mol. The molecule has 1 atom stereocenters. The molecule has 0 unspecified atom stereocenters. The molecule has 0 spiro atoms. The van der Waals surface area contributed by atoms with Crippen LogP contribution < -0.4 is 10.1 Å². The van der Waals surface area contributed by atoms with Gasteiger partial charge in [-0.15, -0.1) is 11.3 Å². The maximum absolute atomic E-state index is 12.1. The molecule has 1 aromatic heterocycles. The lowest BCUT2D eigenvalue weighted by Gasteiger charge is -2.33. The molecule has 1 N–H and O–H groups in total. The van der Waals surface area contributed by atoms with Gasteiger partial charge in [-0.25, -0.2) is 4.98 Å². The molecule has 1 amide bonds. The largest absolute Gasteiger partial charge is 0.484 e. The third kappa shape index (κ3) is 4.60. The van der Waals surface area contributed by atoms with E-state index in [4.69, 9.17) is 4.74 Å². The van der Waals surface area contributed by atoms with Crippen LogP contribution in [-0.2, 0) is 17.6 Å². The number of fused-ring (bicyclic) bond motifs is 1. The third-order valence-corrected chi connectivity index (χ3v) is 5.84. The first-order valence-electron chi connectivity index (χ1n) is 8.79. The van der Waals surface area contributed by atoms with Crippen LogP contribution in [0.4, 0.5) is 5.13 Å². The number of rotatable bonds is 4. The van der Waals surface area contributed by atoms with Crippen molar-refractivity contribution in [3.8, 4) is 5.75 Å². The molecule has 1 aliphatic carbocycles. The van der Waals surface area contributed by atoms with E-state index in [0.717, 1.165) is 24.1 Å². The molecule has 25 heavy (non-hydrogen) atoms. The Morgan fingerprint density at radius 2 is 2.20 bits per heavy atom. The molecule has 3 rings (SSSR count). The smallest absolute Gasteiger partial charge is 0.264 e. The standard InChI is InChI=1S/C20H26N2O2S/c1-13-6-5-7-15(10-13)24-12-18(23)22-19-21-16-11-14(20(2,3)4)8-9-17(16)25-19/h5-7,10,14H,8-9,11-12H2,1-4H3,(H,21,22,23)/t14-/m1/s1. The van der Waals surface area contributed by atoms with E-state index in [1.807, 2.05) is 31.2 Å². The van der Waals surface area contributed by atoms with E-state index in [1.54, 1.807) is 11.3 Å². The zero-order valence-electron chi connectivity index (χ0n) is 15.4. The normalized spacial score (nSPS) is 17.0. The minimum absolute atomic E-state index is 0.00167. The van der Waals surface area contributed by atoms with E-state index in [2.05, 4.69) is 31.1 Å². The Hall–Kier alpha value is -1.88. The summed E-state index contributed by atoms with van der Waals surface area (Å²) in [6.07, 6.45) is 3.26. The fourth-order valence-corrected chi connectivity index (χ4v) is 4.20. The first kappa shape index (κ1) is 17.9. The maximum Gasteiger partial charge on any atom is 0.264 e. The second kappa shape index (κ2) is 7.16. The summed E-state index contributed by atoms with van der Waals surface area (Å²) in [5.41, 5.74) is 2.57. The number of aryl methyl sites for hydroxylation is 2. The number of benzene rings is 1. The predicted octanol–water partition coefficient (Wildman–Crippen LogP) is 4.62. The Kier molecular flexibility index (Phi) is 5.13. The number of ether oxygens (including phenoxy) is 1. The molecule has 4 nitrogen and oxygen atoms in total. The van der Waals surface area contributed by atoms with Crippen LogP contribution in [0.2, 0.25) is 0 Å². The summed E-state index contributed by atoms with van der Waals surface area (Å²) in [4.78, 5) is 18.1. The third-order valence-electron chi connectivity index (χ3n) is 4.77. The quantitative estimate of drug-likeness (QED) is 0.867. The number of aromatic nitrogens is 1. The molecule has 0 radical (unpaired) electrons. The SMILES string of the molecule is Cc1cccc(OCC(=O)Nc2nc3c(s2)CC[C@@H](C(C)(C)C)C3)c1. The van der Waals surface area contributed by atoms with Crippen LogP contribution in [0, 0.1) is 18.3 Å². The summed E-state index contributed by atoms with van der Waals surface area (Å²) in [5, 5.41) is 3.57. The first-order chi connectivity index (χ1) is 11.8. The van der Waals surface area contributed by atoms with E-state index in [-0.39, 0.29) is 12.5 Å². The van der Waals surface area contributed by atoms with Crippen LogP contribution in [0.5, 0.6) is 5.75 Å². The molecule has 2 aromatic rings. The fraction of sp³-hybridized carbons (Fsp3) is 0.500. The van der Waals surface area contributed by atoms with E-state index < -0.39 is 0 Å². The van der Waals surface area contributed by atoms with Crippen molar-refractivity contribution in [1.82, 2.24) is 4.98 Å². The summed E-state index contributed by atoms with van der Waals surface area (Å²) in [6.45, 7) is 8.87. The van der Waals surface area contributed by atoms with Crippen molar-refractivity contribution in [3.63, 3.8) is 0 Å². The monoisotopic (exact) mass is 358 g/mol. The van der Waals surface area contributed by atoms with Gasteiger partial charge in [-0.2, -0.15) is 0 Å². The number of carbonyl (C=O) groups is 1. The Bertz CT molecular complexity index is 761. The minimum Gasteiger partial charge on any atom is -0.484 e. The summed E-state index contributed by atoms with van der Waals surface area (Å²) < 4.78 is 5.55. The highest BCUT2D eigenvalue weighted by Gasteiger charge is 2.30. The molecule has 5 heteroatoms. The fourth-order valence-electron chi connectivity index (χ4n) is 3.18. The van der Waals surface area contributed by atoms with Gasteiger partial charge in [-0.05, 0) is 55.2 Å². The van der Waals surface area contributed by atoms with Crippen molar-refractivity contribution in [2.75, 3.05) is 11.9 Å². The highest BCUT2D eigenvalue weighted by molar-refractivity contribution is 7.15. The number of hydrogen-bond acceptors (Lipinski definition) is 4. The van der Waals surface area contributed by atoms with E-state index in [9.17, 15) is 4.79 Å². The van der Waals surface area contributed by atoms with Crippen LogP contribution >= 0.6 is 11.3 Å². The Morgan fingerprint density at radius 3 is 2.92 bits per heavy atom. The average molecular weight is 359 g/mol. The number of thiazole rings is 1. The summed E-state index contributed by atoms with van der Waals surface area (Å²) >= 11 is 1.60. The number of nitrogens with zero attached hydrogens (tertiary/aromatic N) is 1. The number of carbonyl (C=O) groups excluding carboxylic acids is 1. The minimum atomic E-state index is -0.167. The van der Waals surface area contributed by atoms with Crippen molar-refractivity contribution in [1.29, 1.82) is 0 Å². The van der Waals surface area contributed by atoms with Gasteiger partial charge in [0.05, 0.1) is 5.69 Å². The Labute approximate surface area is 153 Å². The van der Waals surface area contributed by atoms with Gasteiger partial charge in [0.15, 0.2) is 11.7 Å². The van der Waals surface area contributed by atoms with Crippen LogP contribution in [0.15, 0.2) is 24.3 Å². The predicted molar refractivity (Wildman–Crippen MR) is 102 cm³/mol. The van der Waals surface area contributed by atoms with Gasteiger partial charge in [0.25, 0.3) is 5.91 Å². The molecule has 1 aromatic carbocycles. The lowest BCUT2D eigenvalue weighted by molar-refractivity contribution is -0.118. The van der Waals surface area contributed by atoms with Gasteiger partial charge in [-0.1, -0.05) is 32.9 Å². The van der Waals surface area contributed by atoms with Crippen LogP contribution in [0.25, 0.3) is 0 Å². The molecule has 0 fully saturated rings. The summed E-state index contributed by atoms with van der Waals surface area (Å²) in [7, 11) is 0.